The molecule has 6 heteroatoms. The van der Waals surface area contributed by atoms with Crippen molar-refractivity contribution in [1.82, 2.24) is 5.32 Å². The molecule has 0 fully saturated rings. The van der Waals surface area contributed by atoms with Crippen LogP contribution in [0.15, 0.2) is 58.5 Å². The van der Waals surface area contributed by atoms with Gasteiger partial charge in [-0.2, -0.15) is 0 Å². The molecule has 0 saturated carbocycles. The number of hydrogen-bond acceptors (Lipinski definition) is 5. The van der Waals surface area contributed by atoms with Crippen molar-refractivity contribution in [2.45, 2.75) is 18.4 Å². The van der Waals surface area contributed by atoms with Gasteiger partial charge in [0.25, 0.3) is 0 Å². The molecular weight excluding hydrogens is 338 g/mol. The minimum atomic E-state index is -1.49. The van der Waals surface area contributed by atoms with Crippen LogP contribution in [0.5, 0.6) is 5.75 Å². The van der Waals surface area contributed by atoms with Gasteiger partial charge in [0.05, 0.1) is 18.6 Å². The molecule has 0 radical (unpaired) electrons. The van der Waals surface area contributed by atoms with Gasteiger partial charge in [-0.25, -0.2) is 9.00 Å². The van der Waals surface area contributed by atoms with Gasteiger partial charge >= 0.3 is 5.97 Å². The van der Waals surface area contributed by atoms with Gasteiger partial charge < -0.3 is 14.8 Å². The van der Waals surface area contributed by atoms with E-state index >= 15 is 0 Å². The summed E-state index contributed by atoms with van der Waals surface area (Å²) in [6.07, 6.45) is 0. The van der Waals surface area contributed by atoms with Crippen molar-refractivity contribution >= 4 is 22.3 Å². The van der Waals surface area contributed by atoms with Crippen molar-refractivity contribution < 1.29 is 18.5 Å². The Bertz CT molecular complexity index is 846. The highest BCUT2D eigenvalue weighted by atomic mass is 32.2. The van der Waals surface area contributed by atoms with E-state index < -0.39 is 16.8 Å². The van der Waals surface area contributed by atoms with Crippen molar-refractivity contribution in [1.29, 1.82) is 0 Å². The summed E-state index contributed by atoms with van der Waals surface area (Å²) in [5.41, 5.74) is 1.98. The summed E-state index contributed by atoms with van der Waals surface area (Å²) in [7, 11) is 0.0618. The molecule has 2 aromatic carbocycles. The number of esters is 1. The van der Waals surface area contributed by atoms with Crippen LogP contribution in [0.3, 0.4) is 0 Å². The quantitative estimate of drug-likeness (QED) is 0.806. The fourth-order valence-electron chi connectivity index (χ4n) is 2.65. The highest BCUT2D eigenvalue weighted by molar-refractivity contribution is 7.89. The van der Waals surface area contributed by atoms with Crippen molar-refractivity contribution in [2.75, 3.05) is 13.7 Å². The second kappa shape index (κ2) is 7.53. The topological polar surface area (TPSA) is 64.6 Å². The number of carbonyl (C=O) groups excluding carboxylic acids is 1. The molecule has 0 amide bonds. The van der Waals surface area contributed by atoms with Crippen molar-refractivity contribution in [3.05, 3.63) is 64.7 Å². The monoisotopic (exact) mass is 357 g/mol. The standard InChI is InChI=1S/C19H19NO4S/c1-3-24-19(21)17-15-10-9-14(23-2)11-16(15)25(22)18(17)20-12-13-7-5-4-6-8-13/h4-11,20H,3,12H2,1-2H3. The van der Waals surface area contributed by atoms with Gasteiger partial charge in [0.2, 0.25) is 0 Å². The minimum absolute atomic E-state index is 0.256. The normalized spacial score (nSPS) is 15.7. The van der Waals surface area contributed by atoms with Crippen LogP contribution in [0.2, 0.25) is 0 Å². The number of benzene rings is 2. The first-order valence-corrected chi connectivity index (χ1v) is 9.10. The van der Waals surface area contributed by atoms with Crippen LogP contribution in [0.25, 0.3) is 5.57 Å². The molecule has 0 spiro atoms. The van der Waals surface area contributed by atoms with Gasteiger partial charge in [0.15, 0.2) is 0 Å². The number of carbonyl (C=O) groups is 1. The lowest BCUT2D eigenvalue weighted by Gasteiger charge is -2.09. The number of ether oxygens (including phenoxy) is 2. The Morgan fingerprint density at radius 1 is 1.16 bits per heavy atom. The highest BCUT2D eigenvalue weighted by Crippen LogP contribution is 2.38. The largest absolute Gasteiger partial charge is 0.497 e. The van der Waals surface area contributed by atoms with Crippen molar-refractivity contribution in [3.8, 4) is 5.75 Å². The van der Waals surface area contributed by atoms with Gasteiger partial charge in [-0.1, -0.05) is 30.3 Å². The predicted octanol–water partition coefficient (Wildman–Crippen LogP) is 2.84. The Labute approximate surface area is 149 Å². The summed E-state index contributed by atoms with van der Waals surface area (Å²) < 4.78 is 23.3. The van der Waals surface area contributed by atoms with Crippen LogP contribution in [0.1, 0.15) is 18.1 Å². The van der Waals surface area contributed by atoms with E-state index in [2.05, 4.69) is 5.32 Å². The maximum absolute atomic E-state index is 12.9. The van der Waals surface area contributed by atoms with Gasteiger partial charge in [-0.3, -0.25) is 0 Å². The average molecular weight is 357 g/mol. The van der Waals surface area contributed by atoms with E-state index in [0.29, 0.717) is 33.4 Å². The molecular formula is C19H19NO4S. The Morgan fingerprint density at radius 2 is 1.92 bits per heavy atom. The number of fused-ring (bicyclic) bond motifs is 1. The summed E-state index contributed by atoms with van der Waals surface area (Å²) in [6.45, 7) is 2.47. The van der Waals surface area contributed by atoms with Crippen LogP contribution in [0, 0.1) is 0 Å². The molecule has 0 saturated heterocycles. The molecule has 1 aliphatic rings. The molecule has 0 aliphatic carbocycles. The first-order valence-electron chi connectivity index (χ1n) is 7.95. The van der Waals surface area contributed by atoms with E-state index in [1.807, 2.05) is 30.3 Å². The van der Waals surface area contributed by atoms with Crippen molar-refractivity contribution in [3.63, 3.8) is 0 Å². The Hall–Kier alpha value is -2.60. The molecule has 1 atom stereocenters. The first kappa shape index (κ1) is 17.2. The predicted molar refractivity (Wildman–Crippen MR) is 96.2 cm³/mol. The molecule has 25 heavy (non-hydrogen) atoms. The Balaban J connectivity index is 1.97. The molecule has 0 bridgehead atoms. The third-order valence-corrected chi connectivity index (χ3v) is 5.30. The van der Waals surface area contributed by atoms with Crippen LogP contribution in [-0.2, 0) is 26.9 Å². The van der Waals surface area contributed by atoms with Crippen LogP contribution in [-0.4, -0.2) is 23.9 Å². The second-order valence-electron chi connectivity index (χ2n) is 5.39. The minimum Gasteiger partial charge on any atom is -0.497 e. The van der Waals surface area contributed by atoms with Crippen LogP contribution >= 0.6 is 0 Å². The van der Waals surface area contributed by atoms with E-state index in [1.165, 1.54) is 0 Å². The fraction of sp³-hybridized carbons (Fsp3) is 0.211. The fourth-order valence-corrected chi connectivity index (χ4v) is 4.05. The number of nitrogens with one attached hydrogen (secondary N) is 1. The number of methoxy groups -OCH3 is 1. The Morgan fingerprint density at radius 3 is 2.60 bits per heavy atom. The average Bonchev–Trinajstić information content (AvgIpc) is 2.92. The van der Waals surface area contributed by atoms with E-state index in [0.717, 1.165) is 5.56 Å². The van der Waals surface area contributed by atoms with Gasteiger partial charge in [0, 0.05) is 12.1 Å². The highest BCUT2D eigenvalue weighted by Gasteiger charge is 2.34. The maximum atomic E-state index is 12.9. The SMILES string of the molecule is CCOC(=O)C1=C(NCc2ccccc2)S(=O)c2cc(OC)ccc21. The maximum Gasteiger partial charge on any atom is 0.341 e. The van der Waals surface area contributed by atoms with Crippen molar-refractivity contribution in [2.24, 2.45) is 0 Å². The van der Waals surface area contributed by atoms with E-state index in [-0.39, 0.29) is 6.61 Å². The first-order chi connectivity index (χ1) is 12.2. The lowest BCUT2D eigenvalue weighted by Crippen LogP contribution is -2.18. The van der Waals surface area contributed by atoms with Gasteiger partial charge in [0.1, 0.15) is 27.2 Å². The second-order valence-corrected chi connectivity index (χ2v) is 6.78. The molecule has 3 rings (SSSR count). The molecule has 1 N–H and O–H groups in total. The summed E-state index contributed by atoms with van der Waals surface area (Å²) >= 11 is 0. The van der Waals surface area contributed by atoms with Gasteiger partial charge in [-0.05, 0) is 30.7 Å². The molecule has 1 heterocycles. The lowest BCUT2D eigenvalue weighted by atomic mass is 10.1. The third-order valence-electron chi connectivity index (χ3n) is 3.85. The zero-order valence-corrected chi connectivity index (χ0v) is 14.9. The summed E-state index contributed by atoms with van der Waals surface area (Å²) in [5, 5.41) is 3.54. The summed E-state index contributed by atoms with van der Waals surface area (Å²) in [4.78, 5) is 13.0. The molecule has 2 aromatic rings. The number of rotatable bonds is 6. The van der Waals surface area contributed by atoms with E-state index in [4.69, 9.17) is 9.47 Å². The van der Waals surface area contributed by atoms with Gasteiger partial charge in [-0.15, -0.1) is 0 Å². The lowest BCUT2D eigenvalue weighted by molar-refractivity contribution is -0.136. The van der Waals surface area contributed by atoms with Crippen LogP contribution < -0.4 is 10.1 Å². The summed E-state index contributed by atoms with van der Waals surface area (Å²) in [6, 6.07) is 14.9. The Kier molecular flexibility index (Phi) is 5.19. The molecule has 130 valence electrons. The molecule has 1 unspecified atom stereocenters. The summed E-state index contributed by atoms with van der Waals surface area (Å²) in [5.74, 6) is 0.120. The molecule has 5 nitrogen and oxygen atoms in total. The third kappa shape index (κ3) is 3.44. The smallest absolute Gasteiger partial charge is 0.341 e. The van der Waals surface area contributed by atoms with Crippen LogP contribution in [0.4, 0.5) is 0 Å². The number of hydrogen-bond donors (Lipinski definition) is 1. The molecule has 0 aromatic heterocycles. The van der Waals surface area contributed by atoms with E-state index in [1.54, 1.807) is 32.2 Å². The zero-order chi connectivity index (χ0) is 17.8. The molecule has 1 aliphatic heterocycles. The van der Waals surface area contributed by atoms with E-state index in [9.17, 15) is 9.00 Å². The zero-order valence-electron chi connectivity index (χ0n) is 14.1.